The molecule has 1 saturated heterocycles. The number of halogens is 2. The lowest BCUT2D eigenvalue weighted by Crippen LogP contribution is -2.38. The lowest BCUT2D eigenvalue weighted by atomic mass is 10.1. The molecule has 9 nitrogen and oxygen atoms in total. The number of carbonyl (C=O) groups is 1. The first-order valence-electron chi connectivity index (χ1n) is 8.96. The molecule has 0 saturated carbocycles. The first-order valence-corrected chi connectivity index (χ1v) is 8.96. The van der Waals surface area contributed by atoms with E-state index in [0.717, 1.165) is 25.9 Å². The van der Waals surface area contributed by atoms with Crippen LogP contribution in [0.4, 0.5) is 20.3 Å². The Morgan fingerprint density at radius 1 is 1.36 bits per heavy atom. The smallest absolute Gasteiger partial charge is 0.284 e. The topological polar surface area (TPSA) is 101 Å². The molecule has 4 heterocycles. The van der Waals surface area contributed by atoms with Crippen LogP contribution in [-0.2, 0) is 7.05 Å². The summed E-state index contributed by atoms with van der Waals surface area (Å²) in [6.45, 7) is 1.85. The lowest BCUT2D eigenvalue weighted by Gasteiger charge is -2.24. The van der Waals surface area contributed by atoms with Crippen molar-refractivity contribution in [2.75, 3.05) is 23.7 Å². The molecule has 148 valence electrons. The highest BCUT2D eigenvalue weighted by atomic mass is 19.3. The number of aromatic nitrogens is 5. The van der Waals surface area contributed by atoms with Gasteiger partial charge in [-0.05, 0) is 31.5 Å². The number of rotatable bonds is 5. The fourth-order valence-corrected chi connectivity index (χ4v) is 3.24. The monoisotopic (exact) mass is 390 g/mol. The normalized spacial score (nSPS) is 17.2. The predicted octanol–water partition coefficient (Wildman–Crippen LogP) is 1.82. The van der Waals surface area contributed by atoms with E-state index in [1.54, 1.807) is 12.1 Å². The van der Waals surface area contributed by atoms with Gasteiger partial charge in [0.15, 0.2) is 17.0 Å². The molecule has 4 rings (SSSR count). The number of carbonyl (C=O) groups excluding carboxylic acids is 1. The van der Waals surface area contributed by atoms with Crippen molar-refractivity contribution in [2.45, 2.75) is 25.3 Å². The molecule has 1 aliphatic rings. The number of fused-ring (bicyclic) bond motifs is 1. The van der Waals surface area contributed by atoms with Crippen LogP contribution in [0.3, 0.4) is 0 Å². The maximum Gasteiger partial charge on any atom is 0.284 e. The van der Waals surface area contributed by atoms with Gasteiger partial charge in [0, 0.05) is 25.8 Å². The zero-order valence-electron chi connectivity index (χ0n) is 15.2. The fourth-order valence-electron chi connectivity index (χ4n) is 3.24. The summed E-state index contributed by atoms with van der Waals surface area (Å²) in [7, 11) is 1.51. The van der Waals surface area contributed by atoms with Crippen LogP contribution in [0, 0.1) is 0 Å². The first-order chi connectivity index (χ1) is 13.5. The van der Waals surface area contributed by atoms with Crippen LogP contribution in [0.5, 0.6) is 0 Å². The van der Waals surface area contributed by atoms with Gasteiger partial charge in [-0.1, -0.05) is 0 Å². The molecule has 1 aliphatic heterocycles. The first kappa shape index (κ1) is 18.3. The maximum atomic E-state index is 13.1. The summed E-state index contributed by atoms with van der Waals surface area (Å²) in [5, 5.41) is 17.3. The Morgan fingerprint density at radius 2 is 2.21 bits per heavy atom. The van der Waals surface area contributed by atoms with E-state index >= 15 is 0 Å². The zero-order chi connectivity index (χ0) is 19.7. The van der Waals surface area contributed by atoms with E-state index in [9.17, 15) is 13.6 Å². The molecule has 3 aromatic rings. The number of anilines is 2. The van der Waals surface area contributed by atoms with Crippen LogP contribution in [0.2, 0.25) is 0 Å². The van der Waals surface area contributed by atoms with Crippen molar-refractivity contribution >= 4 is 23.1 Å². The number of amides is 1. The number of hydrogen-bond donors (Lipinski definition) is 3. The van der Waals surface area contributed by atoms with Crippen molar-refractivity contribution in [1.29, 1.82) is 0 Å². The molecule has 11 heteroatoms. The molecule has 1 amide bonds. The summed E-state index contributed by atoms with van der Waals surface area (Å²) in [5.74, 6) is 0.0225. The standard InChI is InChI=1S/C17H20F2N8O/c1-26-9-11(15(25-26)16(18)19)23-17(28)12-8-21-14-5-4-13(24-27(12)14)22-10-3-2-6-20-7-10/h4-5,8-10,16,20H,2-3,6-7H2,1H3,(H,22,24)(H,23,28)/t10-/m1/s1. The van der Waals surface area contributed by atoms with E-state index < -0.39 is 18.0 Å². The highest BCUT2D eigenvalue weighted by Gasteiger charge is 2.22. The zero-order valence-corrected chi connectivity index (χ0v) is 15.2. The van der Waals surface area contributed by atoms with Gasteiger partial charge in [0.25, 0.3) is 12.3 Å². The van der Waals surface area contributed by atoms with E-state index in [1.807, 2.05) is 0 Å². The number of piperidine rings is 1. The maximum absolute atomic E-state index is 13.1. The number of aryl methyl sites for hydroxylation is 1. The molecule has 28 heavy (non-hydrogen) atoms. The van der Waals surface area contributed by atoms with Crippen molar-refractivity contribution in [1.82, 2.24) is 29.7 Å². The summed E-state index contributed by atoms with van der Waals surface area (Å²) in [6.07, 6.45) is 2.01. The summed E-state index contributed by atoms with van der Waals surface area (Å²) < 4.78 is 28.8. The molecule has 1 atom stereocenters. The second-order valence-electron chi connectivity index (χ2n) is 6.68. The van der Waals surface area contributed by atoms with Gasteiger partial charge in [0.1, 0.15) is 5.82 Å². The second kappa shape index (κ2) is 7.50. The quantitative estimate of drug-likeness (QED) is 0.614. The Bertz CT molecular complexity index is 992. The van der Waals surface area contributed by atoms with Gasteiger partial charge in [0.2, 0.25) is 0 Å². The molecule has 0 radical (unpaired) electrons. The molecule has 3 aromatic heterocycles. The highest BCUT2D eigenvalue weighted by Crippen LogP contribution is 2.25. The third-order valence-corrected chi connectivity index (χ3v) is 4.56. The molecular formula is C17H20F2N8O. The number of hydrogen-bond acceptors (Lipinski definition) is 6. The van der Waals surface area contributed by atoms with Gasteiger partial charge >= 0.3 is 0 Å². The Balaban J connectivity index is 1.57. The van der Waals surface area contributed by atoms with Gasteiger partial charge < -0.3 is 16.0 Å². The van der Waals surface area contributed by atoms with E-state index in [2.05, 4.69) is 31.1 Å². The van der Waals surface area contributed by atoms with Crippen molar-refractivity contribution in [3.8, 4) is 0 Å². The molecule has 0 spiro atoms. The van der Waals surface area contributed by atoms with Gasteiger partial charge in [-0.2, -0.15) is 5.10 Å². The Hall–Kier alpha value is -3.08. The van der Waals surface area contributed by atoms with E-state index in [0.29, 0.717) is 11.5 Å². The van der Waals surface area contributed by atoms with Gasteiger partial charge in [-0.25, -0.2) is 18.3 Å². The van der Waals surface area contributed by atoms with Crippen LogP contribution >= 0.6 is 0 Å². The van der Waals surface area contributed by atoms with Gasteiger partial charge in [-0.3, -0.25) is 9.48 Å². The summed E-state index contributed by atoms with van der Waals surface area (Å²) in [4.78, 5) is 16.8. The Labute approximate surface area is 159 Å². The summed E-state index contributed by atoms with van der Waals surface area (Å²) >= 11 is 0. The van der Waals surface area contributed by atoms with Gasteiger partial charge in [0.05, 0.1) is 11.9 Å². The largest absolute Gasteiger partial charge is 0.365 e. The number of alkyl halides is 2. The summed E-state index contributed by atoms with van der Waals surface area (Å²) in [6, 6.07) is 3.80. The third-order valence-electron chi connectivity index (χ3n) is 4.56. The molecule has 0 unspecified atom stereocenters. The van der Waals surface area contributed by atoms with E-state index in [-0.39, 0.29) is 17.4 Å². The number of imidazole rings is 1. The Kier molecular flexibility index (Phi) is 4.90. The van der Waals surface area contributed by atoms with Crippen LogP contribution in [-0.4, -0.2) is 49.4 Å². The molecular weight excluding hydrogens is 370 g/mol. The average molecular weight is 390 g/mol. The predicted molar refractivity (Wildman–Crippen MR) is 98.6 cm³/mol. The van der Waals surface area contributed by atoms with Crippen molar-refractivity contribution < 1.29 is 13.6 Å². The van der Waals surface area contributed by atoms with Crippen molar-refractivity contribution in [2.24, 2.45) is 7.05 Å². The molecule has 0 aliphatic carbocycles. The van der Waals surface area contributed by atoms with E-state index in [4.69, 9.17) is 0 Å². The van der Waals surface area contributed by atoms with Crippen LogP contribution in [0.15, 0.2) is 24.5 Å². The molecule has 0 bridgehead atoms. The van der Waals surface area contributed by atoms with Gasteiger partial charge in [-0.15, -0.1) is 5.10 Å². The minimum Gasteiger partial charge on any atom is -0.365 e. The van der Waals surface area contributed by atoms with Crippen molar-refractivity contribution in [3.63, 3.8) is 0 Å². The number of nitrogens with one attached hydrogen (secondary N) is 3. The molecule has 0 aromatic carbocycles. The van der Waals surface area contributed by atoms with Crippen LogP contribution < -0.4 is 16.0 Å². The SMILES string of the molecule is Cn1cc(NC(=O)c2cnc3ccc(N[C@@H]4CCCNC4)nn23)c(C(F)F)n1. The lowest BCUT2D eigenvalue weighted by molar-refractivity contribution is 0.101. The third kappa shape index (κ3) is 3.65. The van der Waals surface area contributed by atoms with Crippen LogP contribution in [0.1, 0.15) is 35.4 Å². The molecule has 3 N–H and O–H groups in total. The average Bonchev–Trinajstić information content (AvgIpc) is 3.25. The minimum absolute atomic E-state index is 0.0417. The highest BCUT2D eigenvalue weighted by molar-refractivity contribution is 6.03. The Morgan fingerprint density at radius 3 is 2.96 bits per heavy atom. The second-order valence-corrected chi connectivity index (χ2v) is 6.68. The molecule has 1 fully saturated rings. The summed E-state index contributed by atoms with van der Waals surface area (Å²) in [5.41, 5.74) is 0.104. The number of nitrogens with zero attached hydrogens (tertiary/aromatic N) is 5. The van der Waals surface area contributed by atoms with Crippen molar-refractivity contribution in [3.05, 3.63) is 35.9 Å². The fraction of sp³-hybridized carbons (Fsp3) is 0.412. The van der Waals surface area contributed by atoms with Crippen LogP contribution in [0.25, 0.3) is 5.65 Å². The minimum atomic E-state index is -2.79. The van der Waals surface area contributed by atoms with E-state index in [1.165, 1.54) is 28.6 Å².